The van der Waals surface area contributed by atoms with Crippen LogP contribution in [0.4, 0.5) is 5.69 Å². The van der Waals surface area contributed by atoms with Crippen LogP contribution >= 0.6 is 0 Å². The van der Waals surface area contributed by atoms with Crippen LogP contribution in [0.15, 0.2) is 40.6 Å². The molecule has 0 aliphatic carbocycles. The van der Waals surface area contributed by atoms with Crippen molar-refractivity contribution >= 4 is 17.7 Å². The van der Waals surface area contributed by atoms with Gasteiger partial charge in [0.25, 0.3) is 5.91 Å². The van der Waals surface area contributed by atoms with E-state index in [9.17, 15) is 20.6 Å². The first-order chi connectivity index (χ1) is 21.4. The average molecular weight is 600 g/mol. The number of allylic oxidation sites excluding steroid dienone is 2. The summed E-state index contributed by atoms with van der Waals surface area (Å²) in [6, 6.07) is 9.86. The Morgan fingerprint density at radius 3 is 1.89 bits per heavy atom. The number of rotatable bonds is 20. The fourth-order valence-electron chi connectivity index (χ4n) is 4.86. The van der Waals surface area contributed by atoms with Crippen LogP contribution in [0.2, 0.25) is 0 Å². The molecule has 1 heterocycles. The number of ether oxygens (including phenoxy) is 2. The number of hydrogen-bond donors (Lipinski definition) is 0. The summed E-state index contributed by atoms with van der Waals surface area (Å²) in [4.78, 5) is 17.4. The molecule has 1 amide bonds. The second-order valence-corrected chi connectivity index (χ2v) is 10.9. The van der Waals surface area contributed by atoms with Crippen molar-refractivity contribution in [2.45, 2.75) is 98.8 Å². The van der Waals surface area contributed by atoms with E-state index < -0.39 is 0 Å². The number of nitrogens with zero attached hydrogens (tertiary/aromatic N) is 5. The van der Waals surface area contributed by atoms with Crippen molar-refractivity contribution in [1.29, 1.82) is 15.8 Å². The smallest absolute Gasteiger partial charge is 0.259 e. The molecule has 0 N–H and O–H groups in total. The number of benzene rings is 1. The van der Waals surface area contributed by atoms with Crippen molar-refractivity contribution in [3.8, 4) is 29.7 Å². The minimum absolute atomic E-state index is 0.0373. The van der Waals surface area contributed by atoms with Crippen molar-refractivity contribution in [2.24, 2.45) is 0 Å². The number of nitriles is 3. The summed E-state index contributed by atoms with van der Waals surface area (Å²) in [5.74, 6) is 1.06. The summed E-state index contributed by atoms with van der Waals surface area (Å²) in [5, 5.41) is 29.3. The Bertz CT molecular complexity index is 1300. The summed E-state index contributed by atoms with van der Waals surface area (Å²) in [5.41, 5.74) is 1.79. The molecule has 1 aliphatic heterocycles. The number of amides is 1. The highest BCUT2D eigenvalue weighted by atomic mass is 16.5. The van der Waals surface area contributed by atoms with Gasteiger partial charge >= 0.3 is 0 Å². The van der Waals surface area contributed by atoms with E-state index in [1.807, 2.05) is 25.1 Å². The second kappa shape index (κ2) is 19.9. The maximum atomic E-state index is 13.6. The first kappa shape index (κ1) is 36.0. The van der Waals surface area contributed by atoms with Crippen LogP contribution in [0.3, 0.4) is 0 Å². The molecule has 0 atom stereocenters. The average Bonchev–Trinajstić information content (AvgIpc) is 3.30. The SMILES string of the molecule is CCCCOc1cc(N(CCCC)CCCC)c(OCCCC)cc1/C=C/C1=C(C#N)C(=C(C#N)C#N)N(CCCC)C1=O. The fourth-order valence-corrected chi connectivity index (χ4v) is 4.86. The molecule has 0 radical (unpaired) electrons. The highest BCUT2D eigenvalue weighted by molar-refractivity contribution is 6.05. The maximum absolute atomic E-state index is 13.6. The Hall–Kier alpha value is -4.22. The van der Waals surface area contributed by atoms with Crippen LogP contribution in [0.25, 0.3) is 6.08 Å². The predicted octanol–water partition coefficient (Wildman–Crippen LogP) is 8.23. The van der Waals surface area contributed by atoms with Gasteiger partial charge in [-0.05, 0) is 44.2 Å². The molecule has 0 aromatic heterocycles. The molecule has 236 valence electrons. The van der Waals surface area contributed by atoms with E-state index in [1.54, 1.807) is 12.2 Å². The summed E-state index contributed by atoms with van der Waals surface area (Å²) < 4.78 is 12.7. The molecule has 0 saturated carbocycles. The lowest BCUT2D eigenvalue weighted by Gasteiger charge is -2.28. The molecular formula is C36H49N5O3. The van der Waals surface area contributed by atoms with E-state index in [1.165, 1.54) is 4.90 Å². The van der Waals surface area contributed by atoms with Crippen LogP contribution in [0.1, 0.15) is 104 Å². The minimum atomic E-state index is -0.390. The third-order valence-corrected chi connectivity index (χ3v) is 7.49. The fraction of sp³-hybridized carbons (Fsp3) is 0.556. The van der Waals surface area contributed by atoms with Crippen LogP contribution < -0.4 is 14.4 Å². The lowest BCUT2D eigenvalue weighted by molar-refractivity contribution is -0.124. The van der Waals surface area contributed by atoms with Crippen LogP contribution in [0, 0.1) is 34.0 Å². The summed E-state index contributed by atoms with van der Waals surface area (Å²) in [7, 11) is 0. The molecule has 0 bridgehead atoms. The number of anilines is 1. The summed E-state index contributed by atoms with van der Waals surface area (Å²) in [6.45, 7) is 13.9. The topological polar surface area (TPSA) is 113 Å². The number of carbonyl (C=O) groups is 1. The first-order valence-electron chi connectivity index (χ1n) is 16.3. The van der Waals surface area contributed by atoms with E-state index in [2.05, 4.69) is 44.7 Å². The van der Waals surface area contributed by atoms with E-state index in [0.717, 1.165) is 87.9 Å². The standard InChI is InChI=1S/C36H49N5O3/c1-6-11-18-40(19-12-7-2)32-24-33(43-21-14-9-4)28(23-34(32)44-22-15-10-5)16-17-30-31(27-39)35(29(25-37)26-38)41(36(30)42)20-13-8-3/h16-17,23-24H,6-15,18-22H2,1-5H3/b17-16+. The molecule has 0 fully saturated rings. The highest BCUT2D eigenvalue weighted by Gasteiger charge is 2.36. The zero-order valence-electron chi connectivity index (χ0n) is 27.4. The molecule has 1 aromatic rings. The van der Waals surface area contributed by atoms with Gasteiger partial charge in [0.15, 0.2) is 5.57 Å². The van der Waals surface area contributed by atoms with Crippen molar-refractivity contribution in [3.63, 3.8) is 0 Å². The van der Waals surface area contributed by atoms with E-state index in [-0.39, 0.29) is 28.3 Å². The summed E-state index contributed by atoms with van der Waals surface area (Å²) in [6.07, 6.45) is 13.0. The van der Waals surface area contributed by atoms with Crippen molar-refractivity contribution < 1.29 is 14.3 Å². The third kappa shape index (κ3) is 9.65. The zero-order valence-corrected chi connectivity index (χ0v) is 27.4. The third-order valence-electron chi connectivity index (χ3n) is 7.49. The van der Waals surface area contributed by atoms with Crippen molar-refractivity contribution in [1.82, 2.24) is 4.90 Å². The molecule has 2 rings (SSSR count). The molecule has 8 nitrogen and oxygen atoms in total. The molecule has 44 heavy (non-hydrogen) atoms. The molecule has 8 heteroatoms. The number of unbranched alkanes of at least 4 members (excludes halogenated alkanes) is 5. The minimum Gasteiger partial charge on any atom is -0.493 e. The quantitative estimate of drug-likeness (QED) is 0.110. The zero-order chi connectivity index (χ0) is 32.3. The Kier molecular flexibility index (Phi) is 16.2. The van der Waals surface area contributed by atoms with Crippen LogP contribution in [0.5, 0.6) is 11.5 Å². The largest absolute Gasteiger partial charge is 0.493 e. The van der Waals surface area contributed by atoms with Crippen molar-refractivity contribution in [3.05, 3.63) is 46.2 Å². The van der Waals surface area contributed by atoms with E-state index in [0.29, 0.717) is 31.9 Å². The van der Waals surface area contributed by atoms with Crippen LogP contribution in [-0.4, -0.2) is 43.7 Å². The Balaban J connectivity index is 2.73. The number of carbonyl (C=O) groups excluding carboxylic acids is 1. The van der Waals surface area contributed by atoms with E-state index in [4.69, 9.17) is 9.47 Å². The van der Waals surface area contributed by atoms with Gasteiger partial charge in [-0.25, -0.2) is 0 Å². The summed E-state index contributed by atoms with van der Waals surface area (Å²) >= 11 is 0. The molecular weight excluding hydrogens is 550 g/mol. The van der Waals surface area contributed by atoms with Crippen molar-refractivity contribution in [2.75, 3.05) is 37.7 Å². The van der Waals surface area contributed by atoms with Gasteiger partial charge in [-0.1, -0.05) is 72.8 Å². The molecule has 1 aromatic carbocycles. The van der Waals surface area contributed by atoms with Gasteiger partial charge in [-0.2, -0.15) is 15.8 Å². The Morgan fingerprint density at radius 1 is 0.795 bits per heavy atom. The lowest BCUT2D eigenvalue weighted by atomic mass is 10.0. The van der Waals surface area contributed by atoms with Gasteiger partial charge in [0.2, 0.25) is 0 Å². The number of hydrogen-bond acceptors (Lipinski definition) is 7. The van der Waals surface area contributed by atoms with Gasteiger partial charge in [-0.3, -0.25) is 4.79 Å². The molecule has 0 unspecified atom stereocenters. The van der Waals surface area contributed by atoms with Gasteiger partial charge in [0, 0.05) is 31.3 Å². The predicted molar refractivity (Wildman–Crippen MR) is 176 cm³/mol. The second-order valence-electron chi connectivity index (χ2n) is 10.9. The van der Waals surface area contributed by atoms with E-state index >= 15 is 0 Å². The van der Waals surface area contributed by atoms with Gasteiger partial charge in [0.05, 0.1) is 35.7 Å². The normalized spacial score (nSPS) is 12.8. The van der Waals surface area contributed by atoms with Gasteiger partial charge < -0.3 is 19.3 Å². The Labute approximate surface area is 264 Å². The highest BCUT2D eigenvalue weighted by Crippen LogP contribution is 2.39. The first-order valence-corrected chi connectivity index (χ1v) is 16.3. The van der Waals surface area contributed by atoms with Gasteiger partial charge in [0.1, 0.15) is 29.7 Å². The maximum Gasteiger partial charge on any atom is 0.259 e. The molecule has 1 aliphatic rings. The molecule has 0 spiro atoms. The Morgan fingerprint density at radius 2 is 1.36 bits per heavy atom. The monoisotopic (exact) mass is 599 g/mol. The van der Waals surface area contributed by atoms with Crippen LogP contribution in [-0.2, 0) is 4.79 Å². The molecule has 0 saturated heterocycles. The van der Waals surface area contributed by atoms with Gasteiger partial charge in [-0.15, -0.1) is 0 Å². The lowest BCUT2D eigenvalue weighted by Crippen LogP contribution is -2.27.